The third-order valence-corrected chi connectivity index (χ3v) is 5.57. The average Bonchev–Trinajstić information content (AvgIpc) is 3.32. The van der Waals surface area contributed by atoms with Crippen LogP contribution in [0, 0.1) is 0 Å². The van der Waals surface area contributed by atoms with E-state index >= 15 is 0 Å². The maximum absolute atomic E-state index is 12.6. The van der Waals surface area contributed by atoms with Crippen molar-refractivity contribution in [2.45, 2.75) is 17.6 Å². The van der Waals surface area contributed by atoms with E-state index in [4.69, 9.17) is 27.9 Å². The lowest BCUT2D eigenvalue weighted by Crippen LogP contribution is -2.39. The predicted octanol–water partition coefficient (Wildman–Crippen LogP) is 3.03. The number of hydrogen-bond acceptors (Lipinski definition) is 4. The maximum atomic E-state index is 12.6. The van der Waals surface area contributed by atoms with Gasteiger partial charge in [-0.1, -0.05) is 35.3 Å². The van der Waals surface area contributed by atoms with Gasteiger partial charge in [0.25, 0.3) is 5.91 Å². The van der Waals surface area contributed by atoms with Crippen LogP contribution in [0.2, 0.25) is 10.0 Å². The second kappa shape index (κ2) is 5.61. The van der Waals surface area contributed by atoms with E-state index in [0.717, 1.165) is 11.3 Å². The summed E-state index contributed by atoms with van der Waals surface area (Å²) >= 11 is 12.4. The van der Waals surface area contributed by atoms with E-state index in [9.17, 15) is 9.90 Å². The first-order valence-corrected chi connectivity index (χ1v) is 8.57. The minimum absolute atomic E-state index is 0.158. The Balaban J connectivity index is 1.73. The van der Waals surface area contributed by atoms with Crippen LogP contribution in [0.5, 0.6) is 5.75 Å². The maximum Gasteiger partial charge on any atom is 0.261 e. The van der Waals surface area contributed by atoms with Gasteiger partial charge in [-0.25, -0.2) is 0 Å². The van der Waals surface area contributed by atoms with Gasteiger partial charge in [-0.3, -0.25) is 4.79 Å². The van der Waals surface area contributed by atoms with Crippen molar-refractivity contribution in [2.24, 2.45) is 0 Å². The third kappa shape index (κ3) is 2.50. The third-order valence-electron chi connectivity index (χ3n) is 4.94. The number of halogens is 2. The van der Waals surface area contributed by atoms with Crippen LogP contribution in [-0.2, 0) is 15.9 Å². The molecular weight excluding hydrogens is 363 g/mol. The standard InChI is InChI=1S/C18H16Cl2N2O3/c1-25-11-4-2-10(3-5-11)17(9-21-17)8-18(24)14-12(19)6-7-13(20)15(14)22-16(18)23/h2-7,21,24H,8-9H2,1H3,(H,22,23). The van der Waals surface area contributed by atoms with Crippen molar-refractivity contribution < 1.29 is 14.6 Å². The fourth-order valence-electron chi connectivity index (χ4n) is 3.46. The fraction of sp³-hybridized carbons (Fsp3) is 0.278. The van der Waals surface area contributed by atoms with Gasteiger partial charge < -0.3 is 20.5 Å². The highest BCUT2D eigenvalue weighted by molar-refractivity contribution is 6.38. The molecule has 2 aliphatic heterocycles. The molecule has 0 spiro atoms. The highest BCUT2D eigenvalue weighted by Gasteiger charge is 2.57. The number of benzene rings is 2. The highest BCUT2D eigenvalue weighted by Crippen LogP contribution is 2.51. The molecule has 2 aromatic rings. The first-order valence-electron chi connectivity index (χ1n) is 7.81. The number of fused-ring (bicyclic) bond motifs is 1. The number of nitrogens with one attached hydrogen (secondary N) is 2. The van der Waals surface area contributed by atoms with Crippen LogP contribution in [0.1, 0.15) is 17.5 Å². The van der Waals surface area contributed by atoms with Crippen LogP contribution in [-0.4, -0.2) is 24.7 Å². The summed E-state index contributed by atoms with van der Waals surface area (Å²) in [7, 11) is 1.61. The van der Waals surface area contributed by atoms with E-state index in [2.05, 4.69) is 10.6 Å². The van der Waals surface area contributed by atoms with Crippen LogP contribution >= 0.6 is 23.2 Å². The Morgan fingerprint density at radius 3 is 2.40 bits per heavy atom. The zero-order chi connectivity index (χ0) is 17.8. The van der Waals surface area contributed by atoms with E-state index in [1.54, 1.807) is 19.2 Å². The number of aliphatic hydroxyl groups is 1. The minimum Gasteiger partial charge on any atom is -0.497 e. The highest BCUT2D eigenvalue weighted by atomic mass is 35.5. The summed E-state index contributed by atoms with van der Waals surface area (Å²) in [5.74, 6) is 0.233. The van der Waals surface area contributed by atoms with Crippen LogP contribution in [0.15, 0.2) is 36.4 Å². The van der Waals surface area contributed by atoms with E-state index in [-0.39, 0.29) is 6.42 Å². The van der Waals surface area contributed by atoms with Crippen molar-refractivity contribution in [2.75, 3.05) is 19.0 Å². The van der Waals surface area contributed by atoms with Gasteiger partial charge in [0.15, 0.2) is 5.60 Å². The van der Waals surface area contributed by atoms with Crippen molar-refractivity contribution >= 4 is 34.8 Å². The molecule has 1 fully saturated rings. The van der Waals surface area contributed by atoms with Gasteiger partial charge >= 0.3 is 0 Å². The molecular formula is C18H16Cl2N2O3. The lowest BCUT2D eigenvalue weighted by atomic mass is 9.82. The van der Waals surface area contributed by atoms with Crippen LogP contribution in [0.3, 0.4) is 0 Å². The summed E-state index contributed by atoms with van der Waals surface area (Å²) in [6, 6.07) is 10.8. The SMILES string of the molecule is COc1ccc(C2(CC3(O)C(=O)Nc4c(Cl)ccc(Cl)c43)CN2)cc1. The average molecular weight is 379 g/mol. The van der Waals surface area contributed by atoms with E-state index < -0.39 is 17.0 Å². The number of methoxy groups -OCH3 is 1. The first kappa shape index (κ1) is 16.7. The molecule has 2 heterocycles. The van der Waals surface area contributed by atoms with Crippen LogP contribution in [0.25, 0.3) is 0 Å². The molecule has 0 aromatic heterocycles. The summed E-state index contributed by atoms with van der Waals surface area (Å²) in [4.78, 5) is 12.6. The summed E-state index contributed by atoms with van der Waals surface area (Å²) in [6.45, 7) is 0.655. The van der Waals surface area contributed by atoms with Gasteiger partial charge in [-0.05, 0) is 29.8 Å². The molecule has 2 atom stereocenters. The van der Waals surface area contributed by atoms with Gasteiger partial charge in [0.2, 0.25) is 0 Å². The zero-order valence-corrected chi connectivity index (χ0v) is 14.9. The second-order valence-electron chi connectivity index (χ2n) is 6.43. The Kier molecular flexibility index (Phi) is 3.74. The number of hydrogen-bond donors (Lipinski definition) is 3. The molecule has 0 aliphatic carbocycles. The summed E-state index contributed by atoms with van der Waals surface area (Å²) in [6.07, 6.45) is 0.158. The van der Waals surface area contributed by atoms with Crippen LogP contribution in [0.4, 0.5) is 5.69 Å². The largest absolute Gasteiger partial charge is 0.497 e. The van der Waals surface area contributed by atoms with Crippen molar-refractivity contribution in [1.82, 2.24) is 5.32 Å². The molecule has 0 radical (unpaired) electrons. The van der Waals surface area contributed by atoms with E-state index in [1.165, 1.54) is 0 Å². The molecule has 5 nitrogen and oxygen atoms in total. The minimum atomic E-state index is -1.75. The Bertz CT molecular complexity index is 865. The van der Waals surface area contributed by atoms with Crippen molar-refractivity contribution in [3.8, 4) is 5.75 Å². The first-order chi connectivity index (χ1) is 11.9. The number of ether oxygens (including phenoxy) is 1. The Morgan fingerprint density at radius 2 is 1.80 bits per heavy atom. The monoisotopic (exact) mass is 378 g/mol. The Hall–Kier alpha value is -1.79. The van der Waals surface area contributed by atoms with Crippen molar-refractivity contribution in [3.63, 3.8) is 0 Å². The molecule has 0 bridgehead atoms. The Labute approximate surface area is 154 Å². The number of rotatable bonds is 4. The molecule has 2 aliphatic rings. The fourth-order valence-corrected chi connectivity index (χ4v) is 3.98. The number of carbonyl (C=O) groups excluding carboxylic acids is 1. The van der Waals surface area contributed by atoms with Gasteiger partial charge in [0.1, 0.15) is 5.75 Å². The van der Waals surface area contributed by atoms with E-state index in [0.29, 0.717) is 27.8 Å². The lowest BCUT2D eigenvalue weighted by Gasteiger charge is -2.27. The number of anilines is 1. The summed E-state index contributed by atoms with van der Waals surface area (Å²) < 4.78 is 5.18. The predicted molar refractivity (Wildman–Crippen MR) is 96.3 cm³/mol. The number of amides is 1. The number of carbonyl (C=O) groups is 1. The quantitative estimate of drug-likeness (QED) is 0.714. The second-order valence-corrected chi connectivity index (χ2v) is 7.25. The van der Waals surface area contributed by atoms with E-state index in [1.807, 2.05) is 24.3 Å². The van der Waals surface area contributed by atoms with Gasteiger partial charge in [0, 0.05) is 23.6 Å². The topological polar surface area (TPSA) is 80.5 Å². The molecule has 4 rings (SSSR count). The zero-order valence-electron chi connectivity index (χ0n) is 13.4. The van der Waals surface area contributed by atoms with Gasteiger partial charge in [0.05, 0.1) is 23.4 Å². The molecule has 1 amide bonds. The molecule has 130 valence electrons. The van der Waals surface area contributed by atoms with Gasteiger partial charge in [-0.15, -0.1) is 0 Å². The molecule has 7 heteroatoms. The summed E-state index contributed by atoms with van der Waals surface area (Å²) in [5, 5.41) is 17.8. The molecule has 2 unspecified atom stereocenters. The lowest BCUT2D eigenvalue weighted by molar-refractivity contribution is -0.135. The Morgan fingerprint density at radius 1 is 1.16 bits per heavy atom. The molecule has 2 aromatic carbocycles. The summed E-state index contributed by atoms with van der Waals surface area (Å²) in [5.41, 5.74) is -0.548. The van der Waals surface area contributed by atoms with Gasteiger partial charge in [-0.2, -0.15) is 0 Å². The molecule has 3 N–H and O–H groups in total. The smallest absolute Gasteiger partial charge is 0.261 e. The van der Waals surface area contributed by atoms with Crippen molar-refractivity contribution in [3.05, 3.63) is 57.6 Å². The molecule has 1 saturated heterocycles. The van der Waals surface area contributed by atoms with Crippen molar-refractivity contribution in [1.29, 1.82) is 0 Å². The normalized spacial score (nSPS) is 27.0. The van der Waals surface area contributed by atoms with Crippen LogP contribution < -0.4 is 15.4 Å². The molecule has 0 saturated carbocycles. The molecule has 25 heavy (non-hydrogen) atoms.